The standard InChI is InChI=1S/C12H19NS/c1-9(2)10(3)6-7-11(4)14-12(5)8-13/h6-9,13H,5H2,1-4H3/b10-6+,11-7+,13-8?. The molecular weight excluding hydrogens is 190 g/mol. The van der Waals surface area contributed by atoms with Crippen molar-refractivity contribution >= 4 is 18.0 Å². The molecule has 0 atom stereocenters. The van der Waals surface area contributed by atoms with Crippen molar-refractivity contribution in [3.63, 3.8) is 0 Å². The molecule has 0 aliphatic rings. The number of hydrogen-bond donors (Lipinski definition) is 1. The van der Waals surface area contributed by atoms with Gasteiger partial charge in [0.05, 0.1) is 0 Å². The van der Waals surface area contributed by atoms with Crippen LogP contribution in [0.2, 0.25) is 0 Å². The molecule has 0 fully saturated rings. The lowest BCUT2D eigenvalue weighted by Gasteiger charge is -2.03. The summed E-state index contributed by atoms with van der Waals surface area (Å²) >= 11 is 1.53. The number of nitrogens with one attached hydrogen (secondary N) is 1. The first-order chi connectivity index (χ1) is 6.47. The molecule has 78 valence electrons. The Morgan fingerprint density at radius 3 is 2.29 bits per heavy atom. The van der Waals surface area contributed by atoms with Crippen LogP contribution in [0.3, 0.4) is 0 Å². The van der Waals surface area contributed by atoms with Crippen LogP contribution in [-0.4, -0.2) is 6.21 Å². The molecule has 0 aromatic heterocycles. The molecule has 0 aliphatic carbocycles. The molecule has 0 aliphatic heterocycles. The molecule has 0 spiro atoms. The highest BCUT2D eigenvalue weighted by atomic mass is 32.2. The van der Waals surface area contributed by atoms with Gasteiger partial charge in [0.2, 0.25) is 0 Å². The first-order valence-electron chi connectivity index (χ1n) is 4.69. The average molecular weight is 209 g/mol. The highest BCUT2D eigenvalue weighted by Gasteiger charge is 1.95. The lowest BCUT2D eigenvalue weighted by atomic mass is 10.1. The highest BCUT2D eigenvalue weighted by Crippen LogP contribution is 2.22. The minimum Gasteiger partial charge on any atom is -0.308 e. The molecule has 2 heteroatoms. The van der Waals surface area contributed by atoms with Crippen LogP contribution in [0.1, 0.15) is 27.7 Å². The van der Waals surface area contributed by atoms with Crippen molar-refractivity contribution in [1.82, 2.24) is 0 Å². The Kier molecular flexibility index (Phi) is 6.30. The van der Waals surface area contributed by atoms with E-state index in [2.05, 4.69) is 39.5 Å². The molecule has 0 aromatic carbocycles. The fourth-order valence-electron chi connectivity index (χ4n) is 0.712. The molecule has 0 aromatic rings. The third-order valence-corrected chi connectivity index (χ3v) is 2.78. The van der Waals surface area contributed by atoms with Gasteiger partial charge in [-0.2, -0.15) is 0 Å². The van der Waals surface area contributed by atoms with E-state index in [1.807, 2.05) is 6.92 Å². The minimum absolute atomic E-state index is 0.593. The van der Waals surface area contributed by atoms with E-state index >= 15 is 0 Å². The Morgan fingerprint density at radius 1 is 1.29 bits per heavy atom. The summed E-state index contributed by atoms with van der Waals surface area (Å²) in [6.45, 7) is 12.3. The molecule has 1 nitrogen and oxygen atoms in total. The van der Waals surface area contributed by atoms with Crippen molar-refractivity contribution < 1.29 is 0 Å². The quantitative estimate of drug-likeness (QED) is 0.527. The van der Waals surface area contributed by atoms with E-state index in [1.54, 1.807) is 0 Å². The van der Waals surface area contributed by atoms with Crippen molar-refractivity contribution in [2.45, 2.75) is 27.7 Å². The molecule has 0 saturated carbocycles. The molecule has 0 heterocycles. The third-order valence-electron chi connectivity index (χ3n) is 1.94. The Balaban J connectivity index is 4.31. The third kappa shape index (κ3) is 5.81. The second-order valence-electron chi connectivity index (χ2n) is 3.56. The molecule has 1 N–H and O–H groups in total. The van der Waals surface area contributed by atoms with Crippen LogP contribution in [0.15, 0.2) is 34.1 Å². The zero-order chi connectivity index (χ0) is 11.1. The number of rotatable bonds is 5. The van der Waals surface area contributed by atoms with E-state index in [1.165, 1.54) is 28.5 Å². The zero-order valence-electron chi connectivity index (χ0n) is 9.42. The zero-order valence-corrected chi connectivity index (χ0v) is 10.2. The van der Waals surface area contributed by atoms with E-state index in [0.717, 1.165) is 4.91 Å². The fraction of sp³-hybridized carbons (Fsp3) is 0.417. The van der Waals surface area contributed by atoms with Crippen molar-refractivity contribution in [1.29, 1.82) is 5.41 Å². The van der Waals surface area contributed by atoms with Gasteiger partial charge < -0.3 is 5.41 Å². The predicted molar refractivity (Wildman–Crippen MR) is 67.9 cm³/mol. The summed E-state index contributed by atoms with van der Waals surface area (Å²) in [6, 6.07) is 0. The minimum atomic E-state index is 0.593. The number of allylic oxidation sites excluding steroid dienone is 5. The Labute approximate surface area is 91.5 Å². The molecule has 0 radical (unpaired) electrons. The highest BCUT2D eigenvalue weighted by molar-refractivity contribution is 8.07. The van der Waals surface area contributed by atoms with Gasteiger partial charge in [-0.1, -0.05) is 49.9 Å². The smallest absolute Gasteiger partial charge is 0.0311 e. The monoisotopic (exact) mass is 209 g/mol. The molecule has 0 unspecified atom stereocenters. The van der Waals surface area contributed by atoms with Crippen LogP contribution < -0.4 is 0 Å². The maximum Gasteiger partial charge on any atom is 0.0311 e. The van der Waals surface area contributed by atoms with Crippen LogP contribution in [-0.2, 0) is 0 Å². The molecule has 14 heavy (non-hydrogen) atoms. The second-order valence-corrected chi connectivity index (χ2v) is 4.93. The van der Waals surface area contributed by atoms with Crippen LogP contribution in [0.5, 0.6) is 0 Å². The van der Waals surface area contributed by atoms with E-state index in [9.17, 15) is 0 Å². The van der Waals surface area contributed by atoms with Crippen molar-refractivity contribution in [2.24, 2.45) is 5.92 Å². The second kappa shape index (κ2) is 6.66. The molecule has 0 amide bonds. The summed E-state index contributed by atoms with van der Waals surface area (Å²) < 4.78 is 0. The van der Waals surface area contributed by atoms with Gasteiger partial charge in [0.15, 0.2) is 0 Å². The van der Waals surface area contributed by atoms with Crippen LogP contribution in [0.25, 0.3) is 0 Å². The summed E-state index contributed by atoms with van der Waals surface area (Å²) in [4.78, 5) is 1.94. The fourth-order valence-corrected chi connectivity index (χ4v) is 1.32. The number of thioether (sulfide) groups is 1. The van der Waals surface area contributed by atoms with Gasteiger partial charge in [0.1, 0.15) is 0 Å². The first kappa shape index (κ1) is 13.2. The largest absolute Gasteiger partial charge is 0.308 e. The van der Waals surface area contributed by atoms with Crippen LogP contribution in [0.4, 0.5) is 0 Å². The van der Waals surface area contributed by atoms with Crippen molar-refractivity contribution in [2.75, 3.05) is 0 Å². The van der Waals surface area contributed by atoms with Crippen LogP contribution >= 0.6 is 11.8 Å². The van der Waals surface area contributed by atoms with Gasteiger partial charge in [-0.15, -0.1) is 0 Å². The molecular formula is C12H19NS. The van der Waals surface area contributed by atoms with Gasteiger partial charge in [-0.05, 0) is 24.7 Å². The van der Waals surface area contributed by atoms with Gasteiger partial charge in [0, 0.05) is 11.1 Å². The summed E-state index contributed by atoms with van der Waals surface area (Å²) in [7, 11) is 0. The van der Waals surface area contributed by atoms with Crippen molar-refractivity contribution in [3.05, 3.63) is 34.1 Å². The van der Waals surface area contributed by atoms with Gasteiger partial charge in [0.25, 0.3) is 0 Å². The maximum atomic E-state index is 7.00. The average Bonchev–Trinajstić information content (AvgIpc) is 2.13. The van der Waals surface area contributed by atoms with Gasteiger partial charge in [-0.3, -0.25) is 0 Å². The van der Waals surface area contributed by atoms with E-state index in [-0.39, 0.29) is 0 Å². The van der Waals surface area contributed by atoms with Crippen LogP contribution in [0, 0.1) is 11.3 Å². The maximum absolute atomic E-state index is 7.00. The Bertz CT molecular complexity index is 272. The normalized spacial score (nSPS) is 13.2. The van der Waals surface area contributed by atoms with E-state index in [4.69, 9.17) is 5.41 Å². The van der Waals surface area contributed by atoms with Gasteiger partial charge >= 0.3 is 0 Å². The topological polar surface area (TPSA) is 23.9 Å². The summed E-state index contributed by atoms with van der Waals surface area (Å²) in [5.74, 6) is 0.593. The Hall–Kier alpha value is -0.760. The molecule has 0 saturated heterocycles. The van der Waals surface area contributed by atoms with E-state index in [0.29, 0.717) is 5.92 Å². The first-order valence-corrected chi connectivity index (χ1v) is 5.51. The number of hydrogen-bond acceptors (Lipinski definition) is 2. The molecule has 0 rings (SSSR count). The lowest BCUT2D eigenvalue weighted by molar-refractivity contribution is 0.769. The van der Waals surface area contributed by atoms with Gasteiger partial charge in [-0.25, -0.2) is 0 Å². The lowest BCUT2D eigenvalue weighted by Crippen LogP contribution is -1.86. The molecule has 0 bridgehead atoms. The van der Waals surface area contributed by atoms with Crippen molar-refractivity contribution in [3.8, 4) is 0 Å². The Morgan fingerprint density at radius 2 is 1.86 bits per heavy atom. The summed E-state index contributed by atoms with van der Waals surface area (Å²) in [6.07, 6.45) is 5.49. The van der Waals surface area contributed by atoms with E-state index < -0.39 is 0 Å². The summed E-state index contributed by atoms with van der Waals surface area (Å²) in [5, 5.41) is 7.00. The summed E-state index contributed by atoms with van der Waals surface area (Å²) in [5.41, 5.74) is 1.37. The predicted octanol–water partition coefficient (Wildman–Crippen LogP) is 4.39. The SMILES string of the molecule is C=C(C=N)S/C(C)=C/C=C(\C)C(C)C.